The molecule has 0 saturated heterocycles. The number of halogens is 2. The lowest BCUT2D eigenvalue weighted by molar-refractivity contribution is -0.143. The number of carbonyl (C=O) groups excluding carboxylic acids is 2. The molecule has 0 heterocycles. The van der Waals surface area contributed by atoms with Crippen LogP contribution < -0.4 is 10.1 Å². The first kappa shape index (κ1) is 21.7. The molecule has 5 nitrogen and oxygen atoms in total. The van der Waals surface area contributed by atoms with Crippen LogP contribution >= 0.6 is 11.6 Å². The molecular weight excluding hydrogens is 383 g/mol. The number of hydrogen-bond acceptors (Lipinski definition) is 3. The largest absolute Gasteiger partial charge is 0.481 e. The Kier molecular flexibility index (Phi) is 8.26. The summed E-state index contributed by atoms with van der Waals surface area (Å²) in [6.07, 6.45) is 0.435. The summed E-state index contributed by atoms with van der Waals surface area (Å²) in [5.41, 5.74) is 0.825. The molecular formula is C21H24ClFN2O3. The second kappa shape index (κ2) is 10.7. The molecule has 0 aliphatic heterocycles. The van der Waals surface area contributed by atoms with E-state index in [1.807, 2.05) is 13.8 Å². The molecule has 0 spiro atoms. The number of ether oxygens (including phenoxy) is 1. The number of benzene rings is 2. The molecule has 150 valence electrons. The van der Waals surface area contributed by atoms with Gasteiger partial charge >= 0.3 is 0 Å². The van der Waals surface area contributed by atoms with E-state index >= 15 is 0 Å². The Bertz CT molecular complexity index is 798. The number of nitrogens with zero attached hydrogens (tertiary/aromatic N) is 1. The molecule has 2 aromatic rings. The molecule has 0 unspecified atom stereocenters. The van der Waals surface area contributed by atoms with Gasteiger partial charge in [0.2, 0.25) is 5.91 Å². The summed E-state index contributed by atoms with van der Waals surface area (Å²) < 4.78 is 19.1. The van der Waals surface area contributed by atoms with Crippen LogP contribution in [0.5, 0.6) is 5.75 Å². The van der Waals surface area contributed by atoms with Gasteiger partial charge in [0.1, 0.15) is 6.04 Å². The standard InChI is InChI=1S/C21H24ClFN2O3/c1-3-18(21(27)24-4-2)25(13-15-9-11-16(22)12-10-15)20(26)14-28-19-8-6-5-7-17(19)23/h5-12,18H,3-4,13-14H2,1-2H3,(H,24,27)/t18-/m0/s1. The van der Waals surface area contributed by atoms with E-state index in [2.05, 4.69) is 5.32 Å². The number of hydrogen-bond donors (Lipinski definition) is 1. The molecule has 7 heteroatoms. The van der Waals surface area contributed by atoms with Crippen LogP contribution in [-0.4, -0.2) is 35.9 Å². The quantitative estimate of drug-likeness (QED) is 0.689. The lowest BCUT2D eigenvalue weighted by Gasteiger charge is -2.30. The summed E-state index contributed by atoms with van der Waals surface area (Å²) in [6.45, 7) is 3.96. The van der Waals surface area contributed by atoms with Crippen molar-refractivity contribution in [3.63, 3.8) is 0 Å². The second-order valence-electron chi connectivity index (χ2n) is 6.19. The molecule has 0 aromatic heterocycles. The monoisotopic (exact) mass is 406 g/mol. The molecule has 0 saturated carbocycles. The molecule has 0 aliphatic rings. The highest BCUT2D eigenvalue weighted by atomic mass is 35.5. The maximum absolute atomic E-state index is 13.8. The smallest absolute Gasteiger partial charge is 0.261 e. The average Bonchev–Trinajstić information content (AvgIpc) is 2.68. The summed E-state index contributed by atoms with van der Waals surface area (Å²) in [5.74, 6) is -1.20. The zero-order valence-electron chi connectivity index (χ0n) is 16.0. The van der Waals surface area contributed by atoms with Crippen molar-refractivity contribution < 1.29 is 18.7 Å². The third-order valence-corrected chi connectivity index (χ3v) is 4.44. The maximum Gasteiger partial charge on any atom is 0.261 e. The molecule has 2 rings (SSSR count). The van der Waals surface area contributed by atoms with Crippen LogP contribution in [0.25, 0.3) is 0 Å². The molecule has 1 atom stereocenters. The highest BCUT2D eigenvalue weighted by molar-refractivity contribution is 6.30. The first-order valence-electron chi connectivity index (χ1n) is 9.15. The molecule has 0 fully saturated rings. The Morgan fingerprint density at radius 2 is 1.82 bits per heavy atom. The number of rotatable bonds is 9. The minimum Gasteiger partial charge on any atom is -0.481 e. The third-order valence-electron chi connectivity index (χ3n) is 4.19. The molecule has 28 heavy (non-hydrogen) atoms. The van der Waals surface area contributed by atoms with E-state index < -0.39 is 17.8 Å². The van der Waals surface area contributed by atoms with Crippen molar-refractivity contribution in [3.05, 3.63) is 64.9 Å². The minimum atomic E-state index is -0.660. The van der Waals surface area contributed by atoms with E-state index in [1.165, 1.54) is 17.0 Å². The summed E-state index contributed by atoms with van der Waals surface area (Å²) in [5, 5.41) is 3.34. The Morgan fingerprint density at radius 3 is 2.43 bits per heavy atom. The van der Waals surface area contributed by atoms with E-state index in [4.69, 9.17) is 16.3 Å². The lowest BCUT2D eigenvalue weighted by atomic mass is 10.1. The molecule has 0 aliphatic carbocycles. The second-order valence-corrected chi connectivity index (χ2v) is 6.62. The molecule has 0 bridgehead atoms. The summed E-state index contributed by atoms with van der Waals surface area (Å²) in [7, 11) is 0. The van der Waals surface area contributed by atoms with E-state index in [1.54, 1.807) is 36.4 Å². The molecule has 2 aromatic carbocycles. The topological polar surface area (TPSA) is 58.6 Å². The minimum absolute atomic E-state index is 0.00616. The average molecular weight is 407 g/mol. The van der Waals surface area contributed by atoms with E-state index in [0.717, 1.165) is 5.56 Å². The first-order chi connectivity index (χ1) is 13.5. The van der Waals surface area contributed by atoms with Crippen molar-refractivity contribution in [2.45, 2.75) is 32.9 Å². The van der Waals surface area contributed by atoms with Gasteiger partial charge in [0.15, 0.2) is 18.2 Å². The summed E-state index contributed by atoms with van der Waals surface area (Å²) >= 11 is 5.92. The van der Waals surface area contributed by atoms with Crippen molar-refractivity contribution in [2.75, 3.05) is 13.2 Å². The normalized spacial score (nSPS) is 11.6. The van der Waals surface area contributed by atoms with Crippen molar-refractivity contribution in [1.29, 1.82) is 0 Å². The number of para-hydroxylation sites is 1. The summed E-state index contributed by atoms with van der Waals surface area (Å²) in [6, 6.07) is 12.3. The fourth-order valence-electron chi connectivity index (χ4n) is 2.78. The van der Waals surface area contributed by atoms with Gasteiger partial charge in [0.05, 0.1) is 0 Å². The molecule has 1 N–H and O–H groups in total. The predicted octanol–water partition coefficient (Wildman–Crippen LogP) is 3.80. The molecule has 2 amide bonds. The van der Waals surface area contributed by atoms with Crippen LogP contribution in [0.1, 0.15) is 25.8 Å². The SMILES string of the molecule is CCNC(=O)[C@H](CC)N(Cc1ccc(Cl)cc1)C(=O)COc1ccccc1F. The van der Waals surface area contributed by atoms with Crippen LogP contribution in [-0.2, 0) is 16.1 Å². The summed E-state index contributed by atoms with van der Waals surface area (Å²) in [4.78, 5) is 26.8. The highest BCUT2D eigenvalue weighted by Gasteiger charge is 2.28. The van der Waals surface area contributed by atoms with Crippen LogP contribution in [0.2, 0.25) is 5.02 Å². The van der Waals surface area contributed by atoms with Gasteiger partial charge in [-0.1, -0.05) is 42.8 Å². The first-order valence-corrected chi connectivity index (χ1v) is 9.53. The molecule has 0 radical (unpaired) electrons. The number of carbonyl (C=O) groups is 2. The van der Waals surface area contributed by atoms with Crippen molar-refractivity contribution >= 4 is 23.4 Å². The Balaban J connectivity index is 2.19. The number of amides is 2. The Labute approximate surface area is 169 Å². The predicted molar refractivity (Wildman–Crippen MR) is 107 cm³/mol. The van der Waals surface area contributed by atoms with Gasteiger partial charge in [0.25, 0.3) is 5.91 Å². The fourth-order valence-corrected chi connectivity index (χ4v) is 2.91. The van der Waals surface area contributed by atoms with Gasteiger partial charge in [-0.15, -0.1) is 0 Å². The third kappa shape index (κ3) is 5.96. The maximum atomic E-state index is 13.8. The van der Waals surface area contributed by atoms with Crippen molar-refractivity contribution in [2.24, 2.45) is 0 Å². The zero-order valence-corrected chi connectivity index (χ0v) is 16.7. The van der Waals surface area contributed by atoms with Crippen LogP contribution in [0.15, 0.2) is 48.5 Å². The van der Waals surface area contributed by atoms with Gasteiger partial charge in [-0.2, -0.15) is 0 Å². The number of nitrogens with one attached hydrogen (secondary N) is 1. The van der Waals surface area contributed by atoms with E-state index in [0.29, 0.717) is 18.0 Å². The van der Waals surface area contributed by atoms with Gasteiger partial charge in [-0.05, 0) is 43.2 Å². The van der Waals surface area contributed by atoms with Crippen molar-refractivity contribution in [3.8, 4) is 5.75 Å². The van der Waals surface area contributed by atoms with Crippen molar-refractivity contribution in [1.82, 2.24) is 10.2 Å². The van der Waals surface area contributed by atoms with E-state index in [9.17, 15) is 14.0 Å². The van der Waals surface area contributed by atoms with E-state index in [-0.39, 0.29) is 24.8 Å². The Hall–Kier alpha value is -2.60. The van der Waals surface area contributed by atoms with Crippen LogP contribution in [0.4, 0.5) is 4.39 Å². The van der Waals surface area contributed by atoms with Gasteiger partial charge in [-0.25, -0.2) is 4.39 Å². The van der Waals surface area contributed by atoms with Gasteiger partial charge in [-0.3, -0.25) is 9.59 Å². The lowest BCUT2D eigenvalue weighted by Crippen LogP contribution is -2.50. The van der Waals surface area contributed by atoms with Crippen LogP contribution in [0, 0.1) is 5.82 Å². The highest BCUT2D eigenvalue weighted by Crippen LogP contribution is 2.18. The number of likely N-dealkylation sites (N-methyl/N-ethyl adjacent to an activating group) is 1. The zero-order chi connectivity index (χ0) is 20.5. The Morgan fingerprint density at radius 1 is 1.14 bits per heavy atom. The van der Waals surface area contributed by atoms with Crippen LogP contribution in [0.3, 0.4) is 0 Å². The fraction of sp³-hybridized carbons (Fsp3) is 0.333. The van der Waals surface area contributed by atoms with Gasteiger partial charge in [0, 0.05) is 18.1 Å². The van der Waals surface area contributed by atoms with Gasteiger partial charge < -0.3 is 15.0 Å².